The number of nitrogens with one attached hydrogen (secondary N) is 1. The van der Waals surface area contributed by atoms with Crippen molar-refractivity contribution in [3.05, 3.63) is 33.5 Å². The average molecular weight is 403 g/mol. The molecule has 0 atom stereocenters. The number of carbonyl (C=O) groups excluding carboxylic acids is 2. The molecule has 2 aromatic heterocycles. The zero-order chi connectivity index (χ0) is 19.7. The summed E-state index contributed by atoms with van der Waals surface area (Å²) in [6.07, 6.45) is 4.12. The van der Waals surface area contributed by atoms with Crippen LogP contribution in [-0.2, 0) is 28.9 Å². The molecule has 0 spiro atoms. The summed E-state index contributed by atoms with van der Waals surface area (Å²) in [6.45, 7) is 6.33. The molecule has 3 heterocycles. The number of amides is 2. The van der Waals surface area contributed by atoms with Gasteiger partial charge in [0.05, 0.1) is 24.5 Å². The highest BCUT2D eigenvalue weighted by Gasteiger charge is 2.30. The minimum absolute atomic E-state index is 0.0177. The molecule has 0 bridgehead atoms. The van der Waals surface area contributed by atoms with E-state index < -0.39 is 0 Å². The molecular weight excluding hydrogens is 376 g/mol. The quantitative estimate of drug-likeness (QED) is 0.853. The van der Waals surface area contributed by atoms with Crippen LogP contribution in [0.15, 0.2) is 6.07 Å². The lowest BCUT2D eigenvalue weighted by atomic mass is 9.95. The van der Waals surface area contributed by atoms with Gasteiger partial charge < -0.3 is 15.0 Å². The number of anilines is 1. The van der Waals surface area contributed by atoms with Gasteiger partial charge in [-0.25, -0.2) is 0 Å². The Kier molecular flexibility index (Phi) is 5.50. The van der Waals surface area contributed by atoms with Crippen molar-refractivity contribution in [3.8, 4) is 0 Å². The number of aryl methyl sites for hydroxylation is 3. The predicted molar refractivity (Wildman–Crippen MR) is 108 cm³/mol. The van der Waals surface area contributed by atoms with E-state index in [4.69, 9.17) is 4.74 Å². The fraction of sp³-hybridized carbons (Fsp3) is 0.550. The van der Waals surface area contributed by atoms with Crippen molar-refractivity contribution in [1.29, 1.82) is 0 Å². The number of rotatable bonds is 4. The molecule has 1 saturated heterocycles. The zero-order valence-corrected chi connectivity index (χ0v) is 17.2. The Morgan fingerprint density at radius 1 is 1.21 bits per heavy atom. The van der Waals surface area contributed by atoms with Crippen LogP contribution in [0.1, 0.15) is 45.0 Å². The molecular formula is C20H26N4O3S. The van der Waals surface area contributed by atoms with Crippen LogP contribution in [0.2, 0.25) is 0 Å². The first kappa shape index (κ1) is 19.1. The Hall–Kier alpha value is -2.19. The fourth-order valence-corrected chi connectivity index (χ4v) is 5.24. The van der Waals surface area contributed by atoms with Crippen LogP contribution in [-0.4, -0.2) is 52.8 Å². The Balaban J connectivity index is 1.59. The maximum Gasteiger partial charge on any atom is 0.257 e. The Labute approximate surface area is 168 Å². The SMILES string of the molecule is Cc1cc(C)n(CC(=O)Nc2sc3c(c2C(=O)N2CCOCC2)CCCC3)n1. The molecule has 150 valence electrons. The van der Waals surface area contributed by atoms with E-state index in [1.165, 1.54) is 4.88 Å². The van der Waals surface area contributed by atoms with Gasteiger partial charge in [0.1, 0.15) is 11.5 Å². The van der Waals surface area contributed by atoms with E-state index in [-0.39, 0.29) is 18.4 Å². The first-order valence-corrected chi connectivity index (χ1v) is 10.7. The summed E-state index contributed by atoms with van der Waals surface area (Å²) < 4.78 is 7.08. The molecule has 2 amide bonds. The molecule has 4 rings (SSSR count). The third-order valence-electron chi connectivity index (χ3n) is 5.33. The number of hydrogen-bond donors (Lipinski definition) is 1. The van der Waals surface area contributed by atoms with Gasteiger partial charge in [0.2, 0.25) is 5.91 Å². The normalized spacial score (nSPS) is 16.7. The molecule has 0 radical (unpaired) electrons. The molecule has 0 aromatic carbocycles. The maximum absolute atomic E-state index is 13.3. The van der Waals surface area contributed by atoms with Crippen molar-refractivity contribution in [3.63, 3.8) is 0 Å². The second-order valence-electron chi connectivity index (χ2n) is 7.45. The van der Waals surface area contributed by atoms with Crippen LogP contribution in [0.4, 0.5) is 5.00 Å². The minimum atomic E-state index is -0.152. The van der Waals surface area contributed by atoms with Gasteiger partial charge in [0, 0.05) is 23.7 Å². The number of thiophene rings is 1. The Morgan fingerprint density at radius 2 is 1.96 bits per heavy atom. The second kappa shape index (κ2) is 8.05. The topological polar surface area (TPSA) is 76.5 Å². The monoisotopic (exact) mass is 402 g/mol. The van der Waals surface area contributed by atoms with Crippen molar-refractivity contribution in [2.75, 3.05) is 31.6 Å². The first-order chi connectivity index (χ1) is 13.5. The van der Waals surface area contributed by atoms with Gasteiger partial charge in [-0.2, -0.15) is 5.10 Å². The van der Waals surface area contributed by atoms with Gasteiger partial charge in [-0.3, -0.25) is 14.3 Å². The van der Waals surface area contributed by atoms with Gasteiger partial charge in [-0.05, 0) is 51.2 Å². The van der Waals surface area contributed by atoms with Crippen LogP contribution in [0.25, 0.3) is 0 Å². The summed E-state index contributed by atoms with van der Waals surface area (Å²) in [7, 11) is 0. The summed E-state index contributed by atoms with van der Waals surface area (Å²) in [5.41, 5.74) is 3.67. The van der Waals surface area contributed by atoms with E-state index in [0.717, 1.165) is 42.6 Å². The lowest BCUT2D eigenvalue weighted by Crippen LogP contribution is -2.41. The molecule has 7 nitrogen and oxygen atoms in total. The van der Waals surface area contributed by atoms with E-state index in [9.17, 15) is 9.59 Å². The highest BCUT2D eigenvalue weighted by molar-refractivity contribution is 7.17. The number of fused-ring (bicyclic) bond motifs is 1. The lowest BCUT2D eigenvalue weighted by Gasteiger charge is -2.27. The van der Waals surface area contributed by atoms with E-state index in [2.05, 4.69) is 10.4 Å². The van der Waals surface area contributed by atoms with E-state index >= 15 is 0 Å². The van der Waals surface area contributed by atoms with Gasteiger partial charge >= 0.3 is 0 Å². The highest BCUT2D eigenvalue weighted by Crippen LogP contribution is 2.39. The zero-order valence-electron chi connectivity index (χ0n) is 16.4. The number of nitrogens with zero attached hydrogens (tertiary/aromatic N) is 3. The summed E-state index contributed by atoms with van der Waals surface area (Å²) in [5, 5.41) is 8.06. The van der Waals surface area contributed by atoms with Crippen molar-refractivity contribution in [2.24, 2.45) is 0 Å². The molecule has 0 unspecified atom stereocenters. The predicted octanol–water partition coefficient (Wildman–Crippen LogP) is 2.55. The molecule has 1 aliphatic carbocycles. The van der Waals surface area contributed by atoms with Crippen molar-refractivity contribution < 1.29 is 14.3 Å². The van der Waals surface area contributed by atoms with Crippen LogP contribution in [0, 0.1) is 13.8 Å². The maximum atomic E-state index is 13.3. The summed E-state index contributed by atoms with van der Waals surface area (Å²) >= 11 is 1.56. The van der Waals surface area contributed by atoms with Crippen molar-refractivity contribution in [1.82, 2.24) is 14.7 Å². The lowest BCUT2D eigenvalue weighted by molar-refractivity contribution is -0.116. The van der Waals surface area contributed by atoms with E-state index in [0.29, 0.717) is 36.9 Å². The average Bonchev–Trinajstić information content (AvgIpc) is 3.20. The van der Waals surface area contributed by atoms with Crippen molar-refractivity contribution in [2.45, 2.75) is 46.1 Å². The van der Waals surface area contributed by atoms with Gasteiger partial charge in [-0.1, -0.05) is 0 Å². The number of carbonyl (C=O) groups is 2. The Morgan fingerprint density at radius 3 is 2.68 bits per heavy atom. The third-order valence-corrected chi connectivity index (χ3v) is 6.54. The largest absolute Gasteiger partial charge is 0.378 e. The summed E-state index contributed by atoms with van der Waals surface area (Å²) in [5.74, 6) is -0.134. The number of morpholine rings is 1. The van der Waals surface area contributed by atoms with Gasteiger partial charge in [-0.15, -0.1) is 11.3 Å². The van der Waals surface area contributed by atoms with Crippen LogP contribution in [0.3, 0.4) is 0 Å². The number of hydrogen-bond acceptors (Lipinski definition) is 5. The molecule has 8 heteroatoms. The Bertz CT molecular complexity index is 896. The van der Waals surface area contributed by atoms with Crippen molar-refractivity contribution >= 4 is 28.2 Å². The highest BCUT2D eigenvalue weighted by atomic mass is 32.1. The van der Waals surface area contributed by atoms with E-state index in [1.54, 1.807) is 16.0 Å². The summed E-state index contributed by atoms with van der Waals surface area (Å²) in [6, 6.07) is 1.95. The van der Waals surface area contributed by atoms with Crippen LogP contribution >= 0.6 is 11.3 Å². The molecule has 1 aliphatic heterocycles. The van der Waals surface area contributed by atoms with E-state index in [1.807, 2.05) is 24.8 Å². The molecule has 2 aliphatic rings. The van der Waals surface area contributed by atoms with Crippen LogP contribution < -0.4 is 5.32 Å². The molecule has 28 heavy (non-hydrogen) atoms. The number of ether oxygens (including phenoxy) is 1. The second-order valence-corrected chi connectivity index (χ2v) is 8.56. The molecule has 2 aromatic rings. The smallest absolute Gasteiger partial charge is 0.257 e. The number of aromatic nitrogens is 2. The molecule has 1 N–H and O–H groups in total. The third kappa shape index (κ3) is 3.84. The fourth-order valence-electron chi connectivity index (χ4n) is 3.94. The van der Waals surface area contributed by atoms with Gasteiger partial charge in [0.15, 0.2) is 0 Å². The minimum Gasteiger partial charge on any atom is -0.378 e. The summed E-state index contributed by atoms with van der Waals surface area (Å²) in [4.78, 5) is 29.0. The first-order valence-electron chi connectivity index (χ1n) is 9.85. The van der Waals surface area contributed by atoms with Gasteiger partial charge in [0.25, 0.3) is 5.91 Å². The molecule has 1 fully saturated rings. The standard InChI is InChI=1S/C20H26N4O3S/c1-13-11-14(2)24(22-13)12-17(25)21-19-18(15-5-3-4-6-16(15)28-19)20(26)23-7-9-27-10-8-23/h11H,3-10,12H2,1-2H3,(H,21,25). The molecule has 0 saturated carbocycles. The van der Waals surface area contributed by atoms with Crippen LogP contribution in [0.5, 0.6) is 0 Å².